The fraction of sp³-hybridized carbons (Fsp3) is 0.429. The summed E-state index contributed by atoms with van der Waals surface area (Å²) in [6.45, 7) is 4.08. The predicted molar refractivity (Wildman–Crippen MR) is 106 cm³/mol. The molecule has 27 heavy (non-hydrogen) atoms. The summed E-state index contributed by atoms with van der Waals surface area (Å²) in [6.07, 6.45) is 2.81. The minimum atomic E-state index is -0.426. The Hall–Kier alpha value is -2.08. The topological polar surface area (TPSA) is 64.6 Å². The molecule has 0 spiro atoms. The maximum absolute atomic E-state index is 12.8. The van der Waals surface area contributed by atoms with Crippen molar-refractivity contribution < 1.29 is 19.1 Å². The predicted octanol–water partition coefficient (Wildman–Crippen LogP) is 4.38. The summed E-state index contributed by atoms with van der Waals surface area (Å²) in [5, 5.41) is 3.36. The van der Waals surface area contributed by atoms with Crippen LogP contribution in [0.3, 0.4) is 0 Å². The third-order valence-corrected chi connectivity index (χ3v) is 5.64. The number of halogens is 1. The van der Waals surface area contributed by atoms with Gasteiger partial charge >= 0.3 is 5.97 Å². The molecule has 1 aliphatic carbocycles. The highest BCUT2D eigenvalue weighted by atomic mass is 79.9. The quantitative estimate of drug-likeness (QED) is 0.697. The molecule has 144 valence electrons. The number of benzene rings is 1. The first-order valence-electron chi connectivity index (χ1n) is 9.28. The van der Waals surface area contributed by atoms with Crippen molar-refractivity contribution in [2.75, 3.05) is 13.7 Å². The Bertz CT molecular complexity index is 841. The Kier molecular flexibility index (Phi) is 6.05. The van der Waals surface area contributed by atoms with Gasteiger partial charge in [0, 0.05) is 29.3 Å². The van der Waals surface area contributed by atoms with Crippen LogP contribution in [0.15, 0.2) is 45.2 Å². The number of esters is 1. The molecule has 1 aromatic rings. The molecular weight excluding hydrogens is 410 g/mol. The van der Waals surface area contributed by atoms with Crippen molar-refractivity contribution in [1.82, 2.24) is 5.32 Å². The van der Waals surface area contributed by atoms with Gasteiger partial charge in [-0.05, 0) is 59.8 Å². The van der Waals surface area contributed by atoms with Crippen LogP contribution in [-0.4, -0.2) is 25.5 Å². The van der Waals surface area contributed by atoms with E-state index in [4.69, 9.17) is 9.47 Å². The first-order valence-corrected chi connectivity index (χ1v) is 10.1. The second-order valence-electron chi connectivity index (χ2n) is 6.59. The molecule has 1 heterocycles. The summed E-state index contributed by atoms with van der Waals surface area (Å²) in [4.78, 5) is 25.7. The van der Waals surface area contributed by atoms with E-state index in [0.29, 0.717) is 29.7 Å². The first kappa shape index (κ1) is 19.7. The van der Waals surface area contributed by atoms with Gasteiger partial charge in [-0.3, -0.25) is 4.79 Å². The summed E-state index contributed by atoms with van der Waals surface area (Å²) in [5.41, 5.74) is 3.87. The number of hydrogen-bond acceptors (Lipinski definition) is 5. The van der Waals surface area contributed by atoms with Crippen LogP contribution in [0.1, 0.15) is 51.0 Å². The van der Waals surface area contributed by atoms with Crippen LogP contribution in [0, 0.1) is 0 Å². The molecular formula is C21H24BrNO4. The minimum absolute atomic E-state index is 0.0950. The molecule has 0 aromatic heterocycles. The van der Waals surface area contributed by atoms with Gasteiger partial charge in [0.1, 0.15) is 5.75 Å². The summed E-state index contributed by atoms with van der Waals surface area (Å²) < 4.78 is 11.5. The number of rotatable bonds is 5. The Morgan fingerprint density at radius 2 is 2.07 bits per heavy atom. The van der Waals surface area contributed by atoms with Gasteiger partial charge in [-0.15, -0.1) is 0 Å². The number of nitrogens with one attached hydrogen (secondary N) is 1. The Labute approximate surface area is 167 Å². The van der Waals surface area contributed by atoms with E-state index >= 15 is 0 Å². The van der Waals surface area contributed by atoms with Crippen molar-refractivity contribution in [3.8, 4) is 5.75 Å². The van der Waals surface area contributed by atoms with Crippen molar-refractivity contribution in [2.45, 2.75) is 45.4 Å². The molecule has 1 aliphatic heterocycles. The summed E-state index contributed by atoms with van der Waals surface area (Å²) >= 11 is 3.52. The lowest BCUT2D eigenvalue weighted by atomic mass is 9.75. The summed E-state index contributed by atoms with van der Waals surface area (Å²) in [7, 11) is 1.61. The highest BCUT2D eigenvalue weighted by Crippen LogP contribution is 2.44. The molecule has 0 saturated heterocycles. The SMILES string of the molecule is CCOC(=O)C1=C(CC)NC2=C(C(=O)CCC2)[C@@H]1c1ccc(OC)c(Br)c1. The molecule has 1 atom stereocenters. The fourth-order valence-electron chi connectivity index (χ4n) is 3.82. The van der Waals surface area contributed by atoms with Crippen LogP contribution < -0.4 is 10.1 Å². The van der Waals surface area contributed by atoms with E-state index in [2.05, 4.69) is 21.2 Å². The first-order chi connectivity index (χ1) is 13.0. The van der Waals surface area contributed by atoms with Crippen LogP contribution in [0.4, 0.5) is 0 Å². The average molecular weight is 434 g/mol. The second-order valence-corrected chi connectivity index (χ2v) is 7.44. The number of carbonyl (C=O) groups excluding carboxylic acids is 2. The van der Waals surface area contributed by atoms with E-state index in [1.54, 1.807) is 14.0 Å². The second kappa shape index (κ2) is 8.30. The molecule has 1 aromatic carbocycles. The van der Waals surface area contributed by atoms with Crippen LogP contribution in [0.5, 0.6) is 5.75 Å². The zero-order valence-corrected chi connectivity index (χ0v) is 17.4. The van der Waals surface area contributed by atoms with E-state index in [1.807, 2.05) is 25.1 Å². The normalized spacial score (nSPS) is 19.6. The molecule has 0 fully saturated rings. The van der Waals surface area contributed by atoms with Gasteiger partial charge < -0.3 is 14.8 Å². The zero-order chi connectivity index (χ0) is 19.6. The maximum Gasteiger partial charge on any atom is 0.336 e. The Balaban J connectivity index is 2.20. The minimum Gasteiger partial charge on any atom is -0.496 e. The fourth-order valence-corrected chi connectivity index (χ4v) is 4.38. The molecule has 3 rings (SSSR count). The van der Waals surface area contributed by atoms with Crippen molar-refractivity contribution in [3.63, 3.8) is 0 Å². The highest BCUT2D eigenvalue weighted by molar-refractivity contribution is 9.10. The standard InChI is InChI=1S/C21H24BrNO4/c1-4-14-20(21(25)27-5-2)18(12-9-10-17(26-3)13(22)11-12)19-15(23-14)7-6-8-16(19)24/h9-11,18,23H,4-8H2,1-3H3/t18-/m0/s1. The zero-order valence-electron chi connectivity index (χ0n) is 15.9. The van der Waals surface area contributed by atoms with Crippen LogP contribution in [-0.2, 0) is 14.3 Å². The molecule has 1 N–H and O–H groups in total. The van der Waals surface area contributed by atoms with E-state index in [1.165, 1.54) is 0 Å². The number of hydrogen-bond donors (Lipinski definition) is 1. The van der Waals surface area contributed by atoms with Crippen molar-refractivity contribution in [2.24, 2.45) is 0 Å². The van der Waals surface area contributed by atoms with Gasteiger partial charge in [0.25, 0.3) is 0 Å². The van der Waals surface area contributed by atoms with Gasteiger partial charge in [-0.2, -0.15) is 0 Å². The van der Waals surface area contributed by atoms with Gasteiger partial charge in [-0.25, -0.2) is 4.79 Å². The average Bonchev–Trinajstić information content (AvgIpc) is 2.66. The Morgan fingerprint density at radius 1 is 1.30 bits per heavy atom. The molecule has 0 amide bonds. The van der Waals surface area contributed by atoms with Gasteiger partial charge in [0.2, 0.25) is 0 Å². The molecule has 0 radical (unpaired) electrons. The molecule has 2 aliphatic rings. The Morgan fingerprint density at radius 3 is 2.70 bits per heavy atom. The van der Waals surface area contributed by atoms with E-state index in [-0.39, 0.29) is 18.4 Å². The lowest BCUT2D eigenvalue weighted by Gasteiger charge is -2.35. The van der Waals surface area contributed by atoms with Crippen molar-refractivity contribution >= 4 is 27.7 Å². The van der Waals surface area contributed by atoms with E-state index < -0.39 is 5.92 Å². The number of carbonyl (C=O) groups is 2. The third kappa shape index (κ3) is 3.68. The van der Waals surface area contributed by atoms with E-state index in [0.717, 1.165) is 34.3 Å². The number of ketones is 1. The lowest BCUT2D eigenvalue weighted by molar-refractivity contribution is -0.138. The van der Waals surface area contributed by atoms with Gasteiger partial charge in [-0.1, -0.05) is 13.0 Å². The molecule has 0 unspecified atom stereocenters. The van der Waals surface area contributed by atoms with Crippen LogP contribution in [0.25, 0.3) is 0 Å². The summed E-state index contributed by atoms with van der Waals surface area (Å²) in [6, 6.07) is 5.69. The largest absolute Gasteiger partial charge is 0.496 e. The summed E-state index contributed by atoms with van der Waals surface area (Å²) in [5.74, 6) is 0.000787. The number of Topliss-reactive ketones (excluding diaryl/α,β-unsaturated/α-hetero) is 1. The third-order valence-electron chi connectivity index (χ3n) is 5.02. The molecule has 0 bridgehead atoms. The van der Waals surface area contributed by atoms with Crippen molar-refractivity contribution in [1.29, 1.82) is 0 Å². The lowest BCUT2D eigenvalue weighted by Crippen LogP contribution is -2.35. The number of ether oxygens (including phenoxy) is 2. The van der Waals surface area contributed by atoms with Gasteiger partial charge in [0.15, 0.2) is 5.78 Å². The molecule has 5 nitrogen and oxygen atoms in total. The van der Waals surface area contributed by atoms with Crippen molar-refractivity contribution in [3.05, 3.63) is 50.8 Å². The number of allylic oxidation sites excluding steroid dienone is 3. The monoisotopic (exact) mass is 433 g/mol. The maximum atomic E-state index is 12.8. The molecule has 0 saturated carbocycles. The highest BCUT2D eigenvalue weighted by Gasteiger charge is 2.39. The smallest absolute Gasteiger partial charge is 0.336 e. The van der Waals surface area contributed by atoms with Crippen LogP contribution >= 0.6 is 15.9 Å². The van der Waals surface area contributed by atoms with E-state index in [9.17, 15) is 9.59 Å². The number of dihydropyridines is 1. The number of methoxy groups -OCH3 is 1. The van der Waals surface area contributed by atoms with Gasteiger partial charge in [0.05, 0.1) is 23.8 Å². The molecule has 6 heteroatoms. The van der Waals surface area contributed by atoms with Crippen LogP contribution in [0.2, 0.25) is 0 Å².